The summed E-state index contributed by atoms with van der Waals surface area (Å²) in [6.07, 6.45) is 8.78. The third-order valence-corrected chi connectivity index (χ3v) is 4.78. The van der Waals surface area contributed by atoms with Gasteiger partial charge in [0.25, 0.3) is 5.69 Å². The van der Waals surface area contributed by atoms with Crippen LogP contribution in [0.4, 0.5) is 5.69 Å². The van der Waals surface area contributed by atoms with Gasteiger partial charge in [-0.15, -0.1) is 0 Å². The largest absolute Gasteiger partial charge is 0.313 e. The molecule has 0 bridgehead atoms. The lowest BCUT2D eigenvalue weighted by Crippen LogP contribution is -2.17. The number of aromatic nitrogens is 2. The molecule has 2 aromatic rings. The first-order chi connectivity index (χ1) is 11.6. The predicted molar refractivity (Wildman–Crippen MR) is 93.6 cm³/mol. The quantitative estimate of drug-likeness (QED) is 0.478. The molecule has 1 aromatic carbocycles. The van der Waals surface area contributed by atoms with Crippen molar-refractivity contribution < 1.29 is 4.92 Å². The monoisotopic (exact) mass is 328 g/mol. The van der Waals surface area contributed by atoms with Crippen molar-refractivity contribution in [3.05, 3.63) is 46.1 Å². The van der Waals surface area contributed by atoms with Gasteiger partial charge in [0, 0.05) is 43.0 Å². The standard InChI is InChI=1S/C18H24N4O2/c1-21-13-16(12-19-11-10-14-4-2-3-5-14)18(20-21)15-6-8-17(9-7-15)22(23)24/h6-9,13-14,19H,2-5,10-12H2,1H3. The topological polar surface area (TPSA) is 73.0 Å². The van der Waals surface area contributed by atoms with Crippen molar-refractivity contribution in [1.82, 2.24) is 15.1 Å². The molecule has 0 radical (unpaired) electrons. The molecule has 1 fully saturated rings. The van der Waals surface area contributed by atoms with Crippen LogP contribution in [0.5, 0.6) is 0 Å². The first-order valence-corrected chi connectivity index (χ1v) is 8.61. The van der Waals surface area contributed by atoms with E-state index in [-0.39, 0.29) is 10.6 Å². The molecule has 0 unspecified atom stereocenters. The SMILES string of the molecule is Cn1cc(CNCCC2CCCC2)c(-c2ccc([N+](=O)[O-])cc2)n1. The lowest BCUT2D eigenvalue weighted by atomic mass is 10.0. The van der Waals surface area contributed by atoms with Gasteiger partial charge in [0.1, 0.15) is 0 Å². The zero-order chi connectivity index (χ0) is 16.9. The third kappa shape index (κ3) is 4.00. The number of nitro groups is 1. The Morgan fingerprint density at radius 3 is 2.67 bits per heavy atom. The van der Waals surface area contributed by atoms with E-state index in [0.29, 0.717) is 0 Å². The maximum absolute atomic E-state index is 10.8. The Bertz CT molecular complexity index is 688. The summed E-state index contributed by atoms with van der Waals surface area (Å²) in [5.41, 5.74) is 3.03. The zero-order valence-electron chi connectivity index (χ0n) is 14.1. The molecule has 1 saturated carbocycles. The Balaban J connectivity index is 1.62. The summed E-state index contributed by atoms with van der Waals surface area (Å²) in [5, 5.41) is 18.8. The van der Waals surface area contributed by atoms with Gasteiger partial charge < -0.3 is 5.32 Å². The van der Waals surface area contributed by atoms with Gasteiger partial charge in [-0.05, 0) is 31.0 Å². The lowest BCUT2D eigenvalue weighted by Gasteiger charge is -2.09. The Morgan fingerprint density at radius 2 is 2.00 bits per heavy atom. The van der Waals surface area contributed by atoms with Crippen LogP contribution in [0.1, 0.15) is 37.7 Å². The summed E-state index contributed by atoms with van der Waals surface area (Å²) in [5.74, 6) is 0.889. The molecule has 1 aliphatic carbocycles. The molecule has 0 aliphatic heterocycles. The number of hydrogen-bond acceptors (Lipinski definition) is 4. The smallest absolute Gasteiger partial charge is 0.269 e. The minimum Gasteiger partial charge on any atom is -0.313 e. The van der Waals surface area contributed by atoms with Crippen LogP contribution in [-0.2, 0) is 13.6 Å². The van der Waals surface area contributed by atoms with Crippen LogP contribution < -0.4 is 5.32 Å². The number of non-ortho nitro benzene ring substituents is 1. The van der Waals surface area contributed by atoms with Gasteiger partial charge in [0.2, 0.25) is 0 Å². The van der Waals surface area contributed by atoms with Crippen molar-refractivity contribution in [2.45, 2.75) is 38.6 Å². The lowest BCUT2D eigenvalue weighted by molar-refractivity contribution is -0.384. The van der Waals surface area contributed by atoms with Gasteiger partial charge >= 0.3 is 0 Å². The third-order valence-electron chi connectivity index (χ3n) is 4.78. The number of nitrogens with one attached hydrogen (secondary N) is 1. The van der Waals surface area contributed by atoms with E-state index in [2.05, 4.69) is 10.4 Å². The van der Waals surface area contributed by atoms with Crippen LogP contribution in [0.15, 0.2) is 30.5 Å². The summed E-state index contributed by atoms with van der Waals surface area (Å²) < 4.78 is 1.80. The summed E-state index contributed by atoms with van der Waals surface area (Å²) >= 11 is 0. The van der Waals surface area contributed by atoms with E-state index in [9.17, 15) is 10.1 Å². The fraction of sp³-hybridized carbons (Fsp3) is 0.500. The Hall–Kier alpha value is -2.21. The molecule has 0 amide bonds. The second-order valence-corrected chi connectivity index (χ2v) is 6.60. The van der Waals surface area contributed by atoms with Crippen LogP contribution in [0.2, 0.25) is 0 Å². The number of benzene rings is 1. The van der Waals surface area contributed by atoms with Gasteiger partial charge in [-0.1, -0.05) is 25.7 Å². The van der Waals surface area contributed by atoms with Crippen molar-refractivity contribution in [3.8, 4) is 11.3 Å². The van der Waals surface area contributed by atoms with Crippen LogP contribution in [0.25, 0.3) is 11.3 Å². The van der Waals surface area contributed by atoms with Crippen molar-refractivity contribution in [3.63, 3.8) is 0 Å². The highest BCUT2D eigenvalue weighted by Crippen LogP contribution is 2.27. The van der Waals surface area contributed by atoms with E-state index >= 15 is 0 Å². The number of nitrogens with zero attached hydrogens (tertiary/aromatic N) is 3. The fourth-order valence-corrected chi connectivity index (χ4v) is 3.48. The number of rotatable bonds is 7. The second-order valence-electron chi connectivity index (χ2n) is 6.60. The molecular formula is C18H24N4O2. The van der Waals surface area contributed by atoms with E-state index in [1.54, 1.807) is 16.8 Å². The highest BCUT2D eigenvalue weighted by Gasteiger charge is 2.15. The Kier molecular flexibility index (Phi) is 5.25. The van der Waals surface area contributed by atoms with E-state index in [0.717, 1.165) is 35.8 Å². The van der Waals surface area contributed by atoms with Gasteiger partial charge in [0.05, 0.1) is 10.6 Å². The molecule has 1 aliphatic rings. The van der Waals surface area contributed by atoms with Gasteiger partial charge in [0.15, 0.2) is 0 Å². The first-order valence-electron chi connectivity index (χ1n) is 8.61. The number of nitro benzene ring substituents is 1. The molecule has 128 valence electrons. The van der Waals surface area contributed by atoms with Gasteiger partial charge in [-0.2, -0.15) is 5.10 Å². The number of aryl methyl sites for hydroxylation is 1. The zero-order valence-corrected chi connectivity index (χ0v) is 14.1. The average Bonchev–Trinajstić information content (AvgIpc) is 3.21. The number of hydrogen-bond donors (Lipinski definition) is 1. The molecule has 3 rings (SSSR count). The molecule has 0 spiro atoms. The summed E-state index contributed by atoms with van der Waals surface area (Å²) in [4.78, 5) is 10.4. The summed E-state index contributed by atoms with van der Waals surface area (Å²) in [6, 6.07) is 6.59. The summed E-state index contributed by atoms with van der Waals surface area (Å²) in [6.45, 7) is 1.80. The molecule has 6 nitrogen and oxygen atoms in total. The van der Waals surface area contributed by atoms with Crippen molar-refractivity contribution >= 4 is 5.69 Å². The van der Waals surface area contributed by atoms with Crippen LogP contribution >= 0.6 is 0 Å². The fourth-order valence-electron chi connectivity index (χ4n) is 3.48. The highest BCUT2D eigenvalue weighted by atomic mass is 16.6. The van der Waals surface area contributed by atoms with Crippen molar-refractivity contribution in [1.29, 1.82) is 0 Å². The van der Waals surface area contributed by atoms with Gasteiger partial charge in [-0.25, -0.2) is 0 Å². The summed E-state index contributed by atoms with van der Waals surface area (Å²) in [7, 11) is 1.90. The van der Waals surface area contributed by atoms with E-state index in [1.165, 1.54) is 44.2 Å². The maximum atomic E-state index is 10.8. The molecule has 1 aromatic heterocycles. The minimum absolute atomic E-state index is 0.103. The molecule has 1 heterocycles. The molecule has 1 N–H and O–H groups in total. The second kappa shape index (κ2) is 7.57. The van der Waals surface area contributed by atoms with E-state index in [1.807, 2.05) is 13.2 Å². The molecule has 6 heteroatoms. The average molecular weight is 328 g/mol. The molecule has 0 saturated heterocycles. The van der Waals surface area contributed by atoms with Crippen molar-refractivity contribution in [2.24, 2.45) is 13.0 Å². The maximum Gasteiger partial charge on any atom is 0.269 e. The first kappa shape index (κ1) is 16.6. The van der Waals surface area contributed by atoms with Crippen LogP contribution in [0, 0.1) is 16.0 Å². The minimum atomic E-state index is -0.381. The van der Waals surface area contributed by atoms with E-state index < -0.39 is 0 Å². The molecule has 24 heavy (non-hydrogen) atoms. The Labute approximate surface area is 142 Å². The normalized spacial score (nSPS) is 15.0. The Morgan fingerprint density at radius 1 is 1.29 bits per heavy atom. The predicted octanol–water partition coefficient (Wildman–Crippen LogP) is 3.67. The van der Waals surface area contributed by atoms with Gasteiger partial charge in [-0.3, -0.25) is 14.8 Å². The molecular weight excluding hydrogens is 304 g/mol. The van der Waals surface area contributed by atoms with Crippen LogP contribution in [-0.4, -0.2) is 21.2 Å². The van der Waals surface area contributed by atoms with Crippen LogP contribution in [0.3, 0.4) is 0 Å². The highest BCUT2D eigenvalue weighted by molar-refractivity contribution is 5.64. The van der Waals surface area contributed by atoms with Crippen molar-refractivity contribution in [2.75, 3.05) is 6.54 Å². The molecule has 0 atom stereocenters. The van der Waals surface area contributed by atoms with E-state index in [4.69, 9.17) is 0 Å².